The van der Waals surface area contributed by atoms with Gasteiger partial charge in [0.05, 0.1) is 17.5 Å². The first-order chi connectivity index (χ1) is 16.4. The number of carbonyl (C=O) groups is 2. The zero-order chi connectivity index (χ0) is 27.5. The maximum absolute atomic E-state index is 13.4. The molecule has 36 heavy (non-hydrogen) atoms. The molecule has 12 heteroatoms. The van der Waals surface area contributed by atoms with Crippen LogP contribution in [-0.4, -0.2) is 49.5 Å². The van der Waals surface area contributed by atoms with Crippen molar-refractivity contribution in [1.82, 2.24) is 10.2 Å². The van der Waals surface area contributed by atoms with Crippen LogP contribution >= 0.6 is 15.9 Å². The number of hydrogen-bond acceptors (Lipinski definition) is 4. The summed E-state index contributed by atoms with van der Waals surface area (Å²) in [4.78, 5) is 27.5. The van der Waals surface area contributed by atoms with Crippen LogP contribution < -0.4 is 9.62 Å². The molecular formula is C24H29BrF3N3O4S. The monoisotopic (exact) mass is 591 g/mol. The van der Waals surface area contributed by atoms with Gasteiger partial charge in [-0.25, -0.2) is 8.42 Å². The van der Waals surface area contributed by atoms with Gasteiger partial charge in [0.15, 0.2) is 0 Å². The van der Waals surface area contributed by atoms with E-state index in [2.05, 4.69) is 21.2 Å². The molecule has 0 saturated carbocycles. The second-order valence-electron chi connectivity index (χ2n) is 9.38. The number of amides is 2. The van der Waals surface area contributed by atoms with Crippen molar-refractivity contribution in [1.29, 1.82) is 0 Å². The van der Waals surface area contributed by atoms with Crippen LogP contribution in [0, 0.1) is 0 Å². The number of alkyl halides is 3. The molecule has 0 saturated heterocycles. The maximum atomic E-state index is 13.4. The molecule has 0 bridgehead atoms. The Balaban J connectivity index is 2.45. The van der Waals surface area contributed by atoms with Crippen LogP contribution in [0.2, 0.25) is 0 Å². The molecule has 2 aromatic carbocycles. The van der Waals surface area contributed by atoms with Crippen LogP contribution in [0.15, 0.2) is 53.0 Å². The molecule has 0 unspecified atom stereocenters. The first kappa shape index (κ1) is 29.6. The predicted molar refractivity (Wildman–Crippen MR) is 136 cm³/mol. The van der Waals surface area contributed by atoms with E-state index in [0.29, 0.717) is 15.9 Å². The lowest BCUT2D eigenvalue weighted by Gasteiger charge is -2.33. The van der Waals surface area contributed by atoms with Gasteiger partial charge >= 0.3 is 6.18 Å². The number of hydrogen-bond donors (Lipinski definition) is 1. The average molecular weight is 592 g/mol. The Labute approximate surface area is 217 Å². The van der Waals surface area contributed by atoms with Crippen molar-refractivity contribution in [3.8, 4) is 0 Å². The summed E-state index contributed by atoms with van der Waals surface area (Å²) in [6.07, 6.45) is -3.90. The van der Waals surface area contributed by atoms with Gasteiger partial charge in [0.2, 0.25) is 21.8 Å². The summed E-state index contributed by atoms with van der Waals surface area (Å²) in [7, 11) is -4.15. The average Bonchev–Trinajstić information content (AvgIpc) is 2.74. The molecule has 2 amide bonds. The summed E-state index contributed by atoms with van der Waals surface area (Å²) in [5.74, 6) is -1.21. The van der Waals surface area contributed by atoms with Crippen molar-refractivity contribution >= 4 is 43.5 Å². The van der Waals surface area contributed by atoms with Gasteiger partial charge in [-0.05, 0) is 63.6 Å². The third-order valence-corrected chi connectivity index (χ3v) is 6.74. The van der Waals surface area contributed by atoms with E-state index in [1.54, 1.807) is 45.0 Å². The number of sulfonamides is 1. The van der Waals surface area contributed by atoms with E-state index < -0.39 is 51.7 Å². The first-order valence-electron chi connectivity index (χ1n) is 10.9. The summed E-state index contributed by atoms with van der Waals surface area (Å²) in [6, 6.07) is 9.71. The van der Waals surface area contributed by atoms with Crippen molar-refractivity contribution in [3.05, 3.63) is 64.1 Å². The molecule has 2 rings (SSSR count). The van der Waals surface area contributed by atoms with Gasteiger partial charge in [0, 0.05) is 16.6 Å². The number of nitrogens with one attached hydrogen (secondary N) is 1. The van der Waals surface area contributed by atoms with Crippen LogP contribution in [-0.2, 0) is 32.3 Å². The molecule has 0 aliphatic heterocycles. The topological polar surface area (TPSA) is 86.8 Å². The van der Waals surface area contributed by atoms with Crippen molar-refractivity contribution in [2.75, 3.05) is 17.1 Å². The number of rotatable bonds is 8. The fraction of sp³-hybridized carbons (Fsp3) is 0.417. The lowest BCUT2D eigenvalue weighted by molar-refractivity contribution is -0.140. The lowest BCUT2D eigenvalue weighted by atomic mass is 10.1. The molecule has 0 aliphatic carbocycles. The minimum atomic E-state index is -4.70. The summed E-state index contributed by atoms with van der Waals surface area (Å²) in [6.45, 7) is 6.02. The van der Waals surface area contributed by atoms with E-state index in [0.717, 1.165) is 22.9 Å². The highest BCUT2D eigenvalue weighted by molar-refractivity contribution is 9.10. The fourth-order valence-electron chi connectivity index (χ4n) is 3.29. The van der Waals surface area contributed by atoms with Gasteiger partial charge < -0.3 is 10.2 Å². The number of carbonyl (C=O) groups excluding carboxylic acids is 2. The molecule has 1 N–H and O–H groups in total. The van der Waals surface area contributed by atoms with E-state index in [1.165, 1.54) is 17.9 Å². The van der Waals surface area contributed by atoms with Crippen LogP contribution in [0.1, 0.15) is 38.8 Å². The van der Waals surface area contributed by atoms with E-state index in [-0.39, 0.29) is 12.2 Å². The van der Waals surface area contributed by atoms with E-state index in [9.17, 15) is 31.2 Å². The molecule has 0 radical (unpaired) electrons. The summed E-state index contributed by atoms with van der Waals surface area (Å²) < 4.78 is 66.1. The van der Waals surface area contributed by atoms with Gasteiger partial charge in [0.1, 0.15) is 12.6 Å². The number of anilines is 1. The Kier molecular flexibility index (Phi) is 9.22. The summed E-state index contributed by atoms with van der Waals surface area (Å²) in [5.41, 5.74) is -1.28. The minimum absolute atomic E-state index is 0.0228. The highest BCUT2D eigenvalue weighted by atomic mass is 79.9. The van der Waals surface area contributed by atoms with E-state index in [4.69, 9.17) is 0 Å². The Bertz CT molecular complexity index is 1200. The molecule has 0 aromatic heterocycles. The molecule has 0 aliphatic rings. The molecule has 2 aromatic rings. The molecule has 0 spiro atoms. The first-order valence-corrected chi connectivity index (χ1v) is 13.5. The second-order valence-corrected chi connectivity index (χ2v) is 12.2. The van der Waals surface area contributed by atoms with Crippen molar-refractivity contribution in [2.24, 2.45) is 0 Å². The maximum Gasteiger partial charge on any atom is 0.416 e. The third-order valence-electron chi connectivity index (χ3n) is 5.07. The molecule has 0 fully saturated rings. The second kappa shape index (κ2) is 11.2. The van der Waals surface area contributed by atoms with Gasteiger partial charge in [-0.15, -0.1) is 0 Å². The van der Waals surface area contributed by atoms with Crippen molar-refractivity contribution < 1.29 is 31.2 Å². The quantitative estimate of drug-likeness (QED) is 0.487. The highest BCUT2D eigenvalue weighted by Crippen LogP contribution is 2.32. The molecular weight excluding hydrogens is 563 g/mol. The van der Waals surface area contributed by atoms with Gasteiger partial charge in [-0.1, -0.05) is 34.1 Å². The molecule has 0 heterocycles. The molecule has 198 valence electrons. The number of halogens is 4. The fourth-order valence-corrected chi connectivity index (χ4v) is 4.40. The molecule has 1 atom stereocenters. The number of benzene rings is 2. The van der Waals surface area contributed by atoms with Gasteiger partial charge in [0.25, 0.3) is 0 Å². The van der Waals surface area contributed by atoms with Crippen LogP contribution in [0.4, 0.5) is 18.9 Å². The number of nitrogens with zero attached hydrogens (tertiary/aromatic N) is 2. The molecule has 7 nitrogen and oxygen atoms in total. The van der Waals surface area contributed by atoms with Gasteiger partial charge in [-0.3, -0.25) is 13.9 Å². The summed E-state index contributed by atoms with van der Waals surface area (Å²) in [5, 5.41) is 2.79. The Hall–Kier alpha value is -2.60. The predicted octanol–water partition coefficient (Wildman–Crippen LogP) is 4.57. The lowest BCUT2D eigenvalue weighted by Crippen LogP contribution is -2.54. The van der Waals surface area contributed by atoms with E-state index >= 15 is 0 Å². The third kappa shape index (κ3) is 8.51. The van der Waals surface area contributed by atoms with Gasteiger partial charge in [-0.2, -0.15) is 13.2 Å². The Morgan fingerprint density at radius 3 is 2.14 bits per heavy atom. The SMILES string of the molecule is C[C@@H](C(=O)NC(C)(C)C)N(Cc1ccc(Br)cc1)C(=O)CN(c1cccc(C(F)(F)F)c1)S(C)(=O)=O. The zero-order valence-corrected chi connectivity index (χ0v) is 23.0. The summed E-state index contributed by atoms with van der Waals surface area (Å²) >= 11 is 3.33. The van der Waals surface area contributed by atoms with Crippen molar-refractivity contribution in [2.45, 2.75) is 52.0 Å². The Morgan fingerprint density at radius 2 is 1.64 bits per heavy atom. The standard InChI is InChI=1S/C24H29BrF3N3O4S/c1-16(22(33)29-23(2,3)4)30(14-17-9-11-19(25)12-10-17)21(32)15-31(36(5,34)35)20-8-6-7-18(13-20)24(26,27)28/h6-13,16H,14-15H2,1-5H3,(H,29,33)/t16-/m0/s1. The normalized spacial score (nSPS) is 13.1. The van der Waals surface area contributed by atoms with Crippen molar-refractivity contribution in [3.63, 3.8) is 0 Å². The minimum Gasteiger partial charge on any atom is -0.350 e. The van der Waals surface area contributed by atoms with Crippen LogP contribution in [0.3, 0.4) is 0 Å². The smallest absolute Gasteiger partial charge is 0.350 e. The zero-order valence-electron chi connectivity index (χ0n) is 20.6. The Morgan fingerprint density at radius 1 is 1.06 bits per heavy atom. The van der Waals surface area contributed by atoms with E-state index in [1.807, 2.05) is 0 Å². The highest BCUT2D eigenvalue weighted by Gasteiger charge is 2.34. The largest absolute Gasteiger partial charge is 0.416 e. The van der Waals surface area contributed by atoms with Crippen LogP contribution in [0.25, 0.3) is 0 Å². The van der Waals surface area contributed by atoms with Crippen LogP contribution in [0.5, 0.6) is 0 Å².